The van der Waals surface area contributed by atoms with Crippen molar-refractivity contribution in [3.63, 3.8) is 0 Å². The Kier molecular flexibility index (Phi) is 4.74. The quantitative estimate of drug-likeness (QED) is 0.724. The third kappa shape index (κ3) is 3.28. The molecule has 0 radical (unpaired) electrons. The molecule has 1 rings (SSSR count). The fraction of sp³-hybridized carbons (Fsp3) is 1.00. The van der Waals surface area contributed by atoms with Crippen LogP contribution in [0.4, 0.5) is 0 Å². The molecular weight excluding hydrogens is 160 g/mol. The number of rotatable bonds is 4. The van der Waals surface area contributed by atoms with Gasteiger partial charge in [-0.2, -0.15) is 0 Å². The molecule has 0 spiro atoms. The molecule has 2 heteroatoms. The molecule has 0 aromatic rings. The van der Waals surface area contributed by atoms with Gasteiger partial charge in [-0.25, -0.2) is 0 Å². The van der Waals surface area contributed by atoms with E-state index in [0.29, 0.717) is 12.1 Å². The predicted molar refractivity (Wildman–Crippen MR) is 57.8 cm³/mol. The second kappa shape index (κ2) is 5.61. The second-order valence-electron chi connectivity index (χ2n) is 4.35. The molecule has 0 aromatic heterocycles. The van der Waals surface area contributed by atoms with Crippen LogP contribution in [0.3, 0.4) is 0 Å². The van der Waals surface area contributed by atoms with Gasteiger partial charge < -0.3 is 10.6 Å². The van der Waals surface area contributed by atoms with E-state index in [4.69, 9.17) is 5.73 Å². The van der Waals surface area contributed by atoms with Gasteiger partial charge in [0.15, 0.2) is 0 Å². The van der Waals surface area contributed by atoms with E-state index in [1.54, 1.807) is 0 Å². The molecule has 1 aliphatic carbocycles. The first kappa shape index (κ1) is 11.0. The zero-order valence-electron chi connectivity index (χ0n) is 9.13. The third-order valence-electron chi connectivity index (χ3n) is 3.21. The van der Waals surface area contributed by atoms with Crippen LogP contribution in [-0.2, 0) is 0 Å². The van der Waals surface area contributed by atoms with Crippen molar-refractivity contribution in [2.75, 3.05) is 13.6 Å². The molecule has 1 saturated carbocycles. The summed E-state index contributed by atoms with van der Waals surface area (Å²) in [5.74, 6) is 0. The van der Waals surface area contributed by atoms with E-state index >= 15 is 0 Å². The maximum atomic E-state index is 6.11. The molecule has 2 N–H and O–H groups in total. The zero-order valence-corrected chi connectivity index (χ0v) is 9.13. The Morgan fingerprint density at radius 2 is 2.00 bits per heavy atom. The lowest BCUT2D eigenvalue weighted by atomic mass is 9.90. The third-order valence-corrected chi connectivity index (χ3v) is 3.21. The first-order valence-corrected chi connectivity index (χ1v) is 5.71. The molecule has 0 bridgehead atoms. The monoisotopic (exact) mass is 184 g/mol. The Balaban J connectivity index is 2.30. The number of hydrogen-bond donors (Lipinski definition) is 1. The van der Waals surface area contributed by atoms with Crippen molar-refractivity contribution in [2.24, 2.45) is 5.73 Å². The Bertz CT molecular complexity index is 136. The summed E-state index contributed by atoms with van der Waals surface area (Å²) in [4.78, 5) is 2.47. The van der Waals surface area contributed by atoms with Gasteiger partial charge in [-0.05, 0) is 32.9 Å². The first-order valence-electron chi connectivity index (χ1n) is 5.71. The molecule has 0 unspecified atom stereocenters. The van der Waals surface area contributed by atoms with Crippen molar-refractivity contribution in [2.45, 2.75) is 57.5 Å². The van der Waals surface area contributed by atoms with E-state index in [1.807, 2.05) is 0 Å². The molecule has 1 aliphatic rings. The average molecular weight is 184 g/mol. The van der Waals surface area contributed by atoms with Gasteiger partial charge in [-0.15, -0.1) is 0 Å². The second-order valence-corrected chi connectivity index (χ2v) is 4.35. The van der Waals surface area contributed by atoms with Gasteiger partial charge in [0, 0.05) is 12.1 Å². The van der Waals surface area contributed by atoms with Crippen LogP contribution in [0.1, 0.15) is 45.4 Å². The molecule has 0 saturated heterocycles. The number of nitrogens with two attached hydrogens (primary N) is 1. The molecule has 78 valence electrons. The zero-order chi connectivity index (χ0) is 9.68. The largest absolute Gasteiger partial charge is 0.326 e. The van der Waals surface area contributed by atoms with Crippen LogP contribution in [0.15, 0.2) is 0 Å². The Morgan fingerprint density at radius 1 is 1.31 bits per heavy atom. The number of hydrogen-bond acceptors (Lipinski definition) is 2. The van der Waals surface area contributed by atoms with Gasteiger partial charge in [-0.3, -0.25) is 0 Å². The SMILES string of the molecule is CCCCN(C)[C@@H]1CCCC[C@H]1N. The van der Waals surface area contributed by atoms with E-state index in [0.717, 1.165) is 0 Å². The first-order chi connectivity index (χ1) is 6.25. The van der Waals surface area contributed by atoms with Gasteiger partial charge in [0.2, 0.25) is 0 Å². The molecule has 1 fully saturated rings. The predicted octanol–water partition coefficient (Wildman–Crippen LogP) is 1.99. The van der Waals surface area contributed by atoms with Crippen molar-refractivity contribution in [1.29, 1.82) is 0 Å². The molecule has 2 atom stereocenters. The lowest BCUT2D eigenvalue weighted by molar-refractivity contribution is 0.167. The molecule has 0 amide bonds. The molecule has 2 nitrogen and oxygen atoms in total. The summed E-state index contributed by atoms with van der Waals surface area (Å²) in [6.07, 6.45) is 7.82. The van der Waals surface area contributed by atoms with Crippen molar-refractivity contribution in [3.8, 4) is 0 Å². The number of likely N-dealkylation sites (N-methyl/N-ethyl adjacent to an activating group) is 1. The van der Waals surface area contributed by atoms with Crippen molar-refractivity contribution >= 4 is 0 Å². The van der Waals surface area contributed by atoms with Gasteiger partial charge in [-0.1, -0.05) is 26.2 Å². The number of unbranched alkanes of at least 4 members (excludes halogenated alkanes) is 1. The Labute approximate surface area is 82.5 Å². The van der Waals surface area contributed by atoms with E-state index in [9.17, 15) is 0 Å². The highest BCUT2D eigenvalue weighted by Crippen LogP contribution is 2.21. The standard InChI is InChI=1S/C11H24N2/c1-3-4-9-13(2)11-8-6-5-7-10(11)12/h10-11H,3-9,12H2,1-2H3/t10-,11-/m1/s1. The van der Waals surface area contributed by atoms with Crippen molar-refractivity contribution in [3.05, 3.63) is 0 Å². The van der Waals surface area contributed by atoms with E-state index in [1.165, 1.54) is 45.1 Å². The van der Waals surface area contributed by atoms with Gasteiger partial charge >= 0.3 is 0 Å². The maximum absolute atomic E-state index is 6.11. The van der Waals surface area contributed by atoms with Crippen LogP contribution in [0.25, 0.3) is 0 Å². The molecule has 13 heavy (non-hydrogen) atoms. The van der Waals surface area contributed by atoms with Crippen molar-refractivity contribution in [1.82, 2.24) is 4.90 Å². The topological polar surface area (TPSA) is 29.3 Å². The highest BCUT2D eigenvalue weighted by atomic mass is 15.1. The lowest BCUT2D eigenvalue weighted by Gasteiger charge is -2.36. The van der Waals surface area contributed by atoms with Crippen LogP contribution >= 0.6 is 0 Å². The molecule has 0 aromatic carbocycles. The fourth-order valence-corrected chi connectivity index (χ4v) is 2.26. The van der Waals surface area contributed by atoms with Crippen LogP contribution in [-0.4, -0.2) is 30.6 Å². The van der Waals surface area contributed by atoms with Crippen LogP contribution in [0, 0.1) is 0 Å². The summed E-state index contributed by atoms with van der Waals surface area (Å²) in [7, 11) is 2.23. The van der Waals surface area contributed by atoms with Crippen LogP contribution in [0.2, 0.25) is 0 Å². The number of nitrogens with zero attached hydrogens (tertiary/aromatic N) is 1. The lowest BCUT2D eigenvalue weighted by Crippen LogP contribution is -2.48. The van der Waals surface area contributed by atoms with E-state index < -0.39 is 0 Å². The van der Waals surface area contributed by atoms with E-state index in [-0.39, 0.29) is 0 Å². The summed E-state index contributed by atoms with van der Waals surface area (Å²) < 4.78 is 0. The summed E-state index contributed by atoms with van der Waals surface area (Å²) in [6.45, 7) is 3.46. The summed E-state index contributed by atoms with van der Waals surface area (Å²) in [6, 6.07) is 1.08. The smallest absolute Gasteiger partial charge is 0.0244 e. The Morgan fingerprint density at radius 3 is 2.62 bits per heavy atom. The normalized spacial score (nSPS) is 29.5. The molecule has 0 aliphatic heterocycles. The maximum Gasteiger partial charge on any atom is 0.0244 e. The Hall–Kier alpha value is -0.0800. The molecule has 0 heterocycles. The minimum absolute atomic E-state index is 0.426. The summed E-state index contributed by atoms with van der Waals surface area (Å²) >= 11 is 0. The van der Waals surface area contributed by atoms with Gasteiger partial charge in [0.25, 0.3) is 0 Å². The minimum Gasteiger partial charge on any atom is -0.326 e. The summed E-state index contributed by atoms with van der Waals surface area (Å²) in [5, 5.41) is 0. The van der Waals surface area contributed by atoms with Crippen LogP contribution < -0.4 is 5.73 Å². The van der Waals surface area contributed by atoms with Gasteiger partial charge in [0.1, 0.15) is 0 Å². The minimum atomic E-state index is 0.426. The van der Waals surface area contributed by atoms with E-state index in [2.05, 4.69) is 18.9 Å². The average Bonchev–Trinajstić information content (AvgIpc) is 2.15. The molecular formula is C11H24N2. The fourth-order valence-electron chi connectivity index (χ4n) is 2.26. The highest BCUT2D eigenvalue weighted by molar-refractivity contribution is 4.84. The van der Waals surface area contributed by atoms with Gasteiger partial charge in [0.05, 0.1) is 0 Å². The highest BCUT2D eigenvalue weighted by Gasteiger charge is 2.24. The summed E-state index contributed by atoms with van der Waals surface area (Å²) in [5.41, 5.74) is 6.11. The van der Waals surface area contributed by atoms with Crippen LogP contribution in [0.5, 0.6) is 0 Å². The van der Waals surface area contributed by atoms with Crippen molar-refractivity contribution < 1.29 is 0 Å².